The second kappa shape index (κ2) is 6.79. The van der Waals surface area contributed by atoms with Crippen LogP contribution in [0.15, 0.2) is 24.3 Å². The quantitative estimate of drug-likeness (QED) is 0.818. The van der Waals surface area contributed by atoms with Crippen LogP contribution < -0.4 is 10.1 Å². The number of hydrogen-bond donors (Lipinski definition) is 1. The van der Waals surface area contributed by atoms with Crippen LogP contribution >= 0.6 is 0 Å². The molecule has 2 nitrogen and oxygen atoms in total. The summed E-state index contributed by atoms with van der Waals surface area (Å²) in [4.78, 5) is 0. The fourth-order valence-corrected chi connectivity index (χ4v) is 1.74. The Labute approximate surface area is 112 Å². The molecule has 0 spiro atoms. The minimum absolute atomic E-state index is 0.145. The Morgan fingerprint density at radius 1 is 1.17 bits per heavy atom. The van der Waals surface area contributed by atoms with Crippen LogP contribution in [0.5, 0.6) is 5.75 Å². The number of hydrogen-bond acceptors (Lipinski definition) is 2. The molecular formula is C16H27NO. The van der Waals surface area contributed by atoms with Crippen molar-refractivity contribution in [3.63, 3.8) is 0 Å². The van der Waals surface area contributed by atoms with Crippen molar-refractivity contribution in [1.82, 2.24) is 5.32 Å². The molecule has 0 fully saturated rings. The molecule has 0 heterocycles. The first kappa shape index (κ1) is 15.0. The van der Waals surface area contributed by atoms with Gasteiger partial charge >= 0.3 is 0 Å². The summed E-state index contributed by atoms with van der Waals surface area (Å²) in [5, 5.41) is 3.49. The van der Waals surface area contributed by atoms with Gasteiger partial charge in [-0.15, -0.1) is 0 Å². The molecule has 0 atom stereocenters. The highest BCUT2D eigenvalue weighted by Crippen LogP contribution is 2.17. The topological polar surface area (TPSA) is 21.3 Å². The molecule has 0 saturated carbocycles. The summed E-state index contributed by atoms with van der Waals surface area (Å²) in [5.74, 6) is 0.983. The van der Waals surface area contributed by atoms with Crippen LogP contribution in [-0.4, -0.2) is 11.6 Å². The molecule has 0 radical (unpaired) electrons. The van der Waals surface area contributed by atoms with Crippen LogP contribution in [-0.2, 0) is 6.54 Å². The van der Waals surface area contributed by atoms with E-state index >= 15 is 0 Å². The molecule has 0 aromatic heterocycles. The van der Waals surface area contributed by atoms with Gasteiger partial charge in [0.05, 0.1) is 6.10 Å². The number of rotatable bonds is 6. The van der Waals surface area contributed by atoms with Gasteiger partial charge in [0.1, 0.15) is 5.75 Å². The van der Waals surface area contributed by atoms with E-state index in [1.165, 1.54) is 5.56 Å². The molecule has 0 unspecified atom stereocenters. The maximum absolute atomic E-state index is 5.96. The second-order valence-electron chi connectivity index (χ2n) is 5.81. The average Bonchev–Trinajstić information content (AvgIpc) is 2.33. The maximum atomic E-state index is 5.96. The van der Waals surface area contributed by atoms with E-state index in [2.05, 4.69) is 58.1 Å². The Morgan fingerprint density at radius 3 is 2.39 bits per heavy atom. The molecule has 0 bridgehead atoms. The van der Waals surface area contributed by atoms with Gasteiger partial charge in [-0.2, -0.15) is 0 Å². The SMILES string of the molecule is CCC(CC)Oc1cccc(CNC(C)(C)C)c1. The number of benzene rings is 1. The van der Waals surface area contributed by atoms with Gasteiger partial charge in [0.15, 0.2) is 0 Å². The molecule has 102 valence electrons. The molecule has 0 amide bonds. The Balaban J connectivity index is 2.62. The van der Waals surface area contributed by atoms with Gasteiger partial charge in [-0.3, -0.25) is 0 Å². The van der Waals surface area contributed by atoms with E-state index in [0.29, 0.717) is 6.10 Å². The molecule has 0 aliphatic heterocycles. The van der Waals surface area contributed by atoms with Crippen molar-refractivity contribution >= 4 is 0 Å². The van der Waals surface area contributed by atoms with Crippen molar-refractivity contribution in [2.45, 2.75) is 65.6 Å². The van der Waals surface area contributed by atoms with Gasteiger partial charge in [-0.05, 0) is 51.3 Å². The van der Waals surface area contributed by atoms with Gasteiger partial charge < -0.3 is 10.1 Å². The fourth-order valence-electron chi connectivity index (χ4n) is 1.74. The lowest BCUT2D eigenvalue weighted by atomic mass is 10.1. The van der Waals surface area contributed by atoms with Crippen LogP contribution in [0.4, 0.5) is 0 Å². The molecule has 0 aliphatic carbocycles. The van der Waals surface area contributed by atoms with Crippen molar-refractivity contribution in [3.8, 4) is 5.75 Å². The van der Waals surface area contributed by atoms with Crippen molar-refractivity contribution in [3.05, 3.63) is 29.8 Å². The zero-order valence-corrected chi connectivity index (χ0v) is 12.4. The summed E-state index contributed by atoms with van der Waals surface area (Å²) in [6, 6.07) is 8.38. The van der Waals surface area contributed by atoms with Crippen LogP contribution in [0.25, 0.3) is 0 Å². The minimum atomic E-state index is 0.145. The van der Waals surface area contributed by atoms with Gasteiger partial charge in [0.2, 0.25) is 0 Å². The molecule has 1 aromatic carbocycles. The summed E-state index contributed by atoms with van der Waals surface area (Å²) >= 11 is 0. The van der Waals surface area contributed by atoms with Crippen LogP contribution in [0.1, 0.15) is 53.0 Å². The largest absolute Gasteiger partial charge is 0.490 e. The molecule has 1 rings (SSSR count). The van der Waals surface area contributed by atoms with Gasteiger partial charge in [0.25, 0.3) is 0 Å². The molecule has 1 aromatic rings. The molecular weight excluding hydrogens is 222 g/mol. The highest BCUT2D eigenvalue weighted by Gasteiger charge is 2.09. The summed E-state index contributed by atoms with van der Waals surface area (Å²) in [6.45, 7) is 11.7. The van der Waals surface area contributed by atoms with E-state index in [1.807, 2.05) is 6.07 Å². The van der Waals surface area contributed by atoms with Crippen molar-refractivity contribution in [1.29, 1.82) is 0 Å². The fraction of sp³-hybridized carbons (Fsp3) is 0.625. The van der Waals surface area contributed by atoms with E-state index in [0.717, 1.165) is 25.1 Å². The average molecular weight is 249 g/mol. The third kappa shape index (κ3) is 5.54. The Kier molecular flexibility index (Phi) is 5.67. The third-order valence-electron chi connectivity index (χ3n) is 2.93. The smallest absolute Gasteiger partial charge is 0.120 e. The van der Waals surface area contributed by atoms with E-state index in [-0.39, 0.29) is 5.54 Å². The van der Waals surface area contributed by atoms with Crippen LogP contribution in [0, 0.1) is 0 Å². The normalized spacial score (nSPS) is 11.9. The summed E-state index contributed by atoms with van der Waals surface area (Å²) in [5.41, 5.74) is 1.42. The summed E-state index contributed by atoms with van der Waals surface area (Å²) in [7, 11) is 0. The van der Waals surface area contributed by atoms with E-state index < -0.39 is 0 Å². The summed E-state index contributed by atoms with van der Waals surface area (Å²) < 4.78 is 5.96. The second-order valence-corrected chi connectivity index (χ2v) is 5.81. The molecule has 0 aliphatic rings. The lowest BCUT2D eigenvalue weighted by Gasteiger charge is -2.21. The molecule has 18 heavy (non-hydrogen) atoms. The molecule has 1 N–H and O–H groups in total. The zero-order valence-electron chi connectivity index (χ0n) is 12.4. The third-order valence-corrected chi connectivity index (χ3v) is 2.93. The van der Waals surface area contributed by atoms with E-state index in [9.17, 15) is 0 Å². The Morgan fingerprint density at radius 2 is 1.83 bits per heavy atom. The number of ether oxygens (including phenoxy) is 1. The Hall–Kier alpha value is -1.02. The summed E-state index contributed by atoms with van der Waals surface area (Å²) in [6.07, 6.45) is 2.44. The van der Waals surface area contributed by atoms with Gasteiger partial charge in [-0.25, -0.2) is 0 Å². The minimum Gasteiger partial charge on any atom is -0.490 e. The predicted molar refractivity (Wildman–Crippen MR) is 78.0 cm³/mol. The molecule has 2 heteroatoms. The monoisotopic (exact) mass is 249 g/mol. The van der Waals surface area contributed by atoms with Crippen molar-refractivity contribution in [2.24, 2.45) is 0 Å². The highest BCUT2D eigenvalue weighted by atomic mass is 16.5. The standard InChI is InChI=1S/C16H27NO/c1-6-14(7-2)18-15-10-8-9-13(11-15)12-17-16(3,4)5/h8-11,14,17H,6-7,12H2,1-5H3. The maximum Gasteiger partial charge on any atom is 0.120 e. The first-order valence-corrected chi connectivity index (χ1v) is 6.95. The predicted octanol–water partition coefficient (Wildman–Crippen LogP) is 4.14. The first-order valence-electron chi connectivity index (χ1n) is 6.95. The lowest BCUT2D eigenvalue weighted by molar-refractivity contribution is 0.192. The van der Waals surface area contributed by atoms with Crippen molar-refractivity contribution in [2.75, 3.05) is 0 Å². The Bertz CT molecular complexity index is 350. The lowest BCUT2D eigenvalue weighted by Crippen LogP contribution is -2.35. The first-order chi connectivity index (χ1) is 8.44. The highest BCUT2D eigenvalue weighted by molar-refractivity contribution is 5.28. The van der Waals surface area contributed by atoms with Gasteiger partial charge in [-0.1, -0.05) is 26.0 Å². The number of nitrogens with one attached hydrogen (secondary N) is 1. The van der Waals surface area contributed by atoms with E-state index in [4.69, 9.17) is 4.74 Å². The van der Waals surface area contributed by atoms with Gasteiger partial charge in [0, 0.05) is 12.1 Å². The molecule has 0 saturated heterocycles. The van der Waals surface area contributed by atoms with Crippen LogP contribution in [0.2, 0.25) is 0 Å². The van der Waals surface area contributed by atoms with Crippen molar-refractivity contribution < 1.29 is 4.74 Å². The zero-order chi connectivity index (χ0) is 13.6. The van der Waals surface area contributed by atoms with Crippen LogP contribution in [0.3, 0.4) is 0 Å². The van der Waals surface area contributed by atoms with E-state index in [1.54, 1.807) is 0 Å².